The second-order valence-corrected chi connectivity index (χ2v) is 7.10. The molecule has 1 aromatic rings. The highest BCUT2D eigenvalue weighted by Gasteiger charge is 2.27. The van der Waals surface area contributed by atoms with Crippen molar-refractivity contribution in [1.82, 2.24) is 10.2 Å². The van der Waals surface area contributed by atoms with E-state index >= 15 is 0 Å². The summed E-state index contributed by atoms with van der Waals surface area (Å²) < 4.78 is 0. The zero-order chi connectivity index (χ0) is 15.3. The number of likely N-dealkylation sites (N-methyl/N-ethyl adjacent to an activating group) is 1. The monoisotopic (exact) mass is 289 g/mol. The van der Waals surface area contributed by atoms with Crippen LogP contribution in [0, 0.1) is 5.41 Å². The van der Waals surface area contributed by atoms with Crippen LogP contribution in [-0.2, 0) is 0 Å². The quantitative estimate of drug-likeness (QED) is 0.899. The van der Waals surface area contributed by atoms with Crippen LogP contribution in [0.5, 0.6) is 0 Å². The standard InChI is InChI=1S/C18H31N3/c1-5-19-17(18(2,3)4)15-20-11-13-21(14-12-20)16-9-7-6-8-10-16/h6-10,17,19H,5,11-15H2,1-4H3. The number of nitrogens with zero attached hydrogens (tertiary/aromatic N) is 2. The van der Waals surface area contributed by atoms with E-state index in [1.807, 2.05) is 0 Å². The predicted octanol–water partition coefficient (Wildman–Crippen LogP) is 2.83. The molecular formula is C18H31N3. The average Bonchev–Trinajstić information content (AvgIpc) is 2.47. The number of rotatable bonds is 5. The summed E-state index contributed by atoms with van der Waals surface area (Å²) in [7, 11) is 0. The van der Waals surface area contributed by atoms with Gasteiger partial charge < -0.3 is 10.2 Å². The lowest BCUT2D eigenvalue weighted by atomic mass is 9.86. The second kappa shape index (κ2) is 7.28. The Morgan fingerprint density at radius 2 is 1.67 bits per heavy atom. The molecule has 0 amide bonds. The molecule has 2 rings (SSSR count). The first kappa shape index (κ1) is 16.3. The van der Waals surface area contributed by atoms with Crippen LogP contribution in [0.25, 0.3) is 0 Å². The zero-order valence-corrected chi connectivity index (χ0v) is 14.1. The molecule has 1 atom stereocenters. The van der Waals surface area contributed by atoms with Crippen LogP contribution in [0.3, 0.4) is 0 Å². The molecule has 1 aliphatic heterocycles. The molecule has 0 spiro atoms. The van der Waals surface area contributed by atoms with E-state index in [0.29, 0.717) is 11.5 Å². The van der Waals surface area contributed by atoms with Gasteiger partial charge in [-0.2, -0.15) is 0 Å². The molecule has 1 N–H and O–H groups in total. The number of benzene rings is 1. The highest BCUT2D eigenvalue weighted by atomic mass is 15.3. The number of anilines is 1. The van der Waals surface area contributed by atoms with E-state index in [9.17, 15) is 0 Å². The van der Waals surface area contributed by atoms with Gasteiger partial charge in [-0.25, -0.2) is 0 Å². The number of hydrogen-bond acceptors (Lipinski definition) is 3. The number of piperazine rings is 1. The Morgan fingerprint density at radius 3 is 2.19 bits per heavy atom. The van der Waals surface area contributed by atoms with Crippen molar-refractivity contribution in [3.05, 3.63) is 30.3 Å². The highest BCUT2D eigenvalue weighted by Crippen LogP contribution is 2.21. The van der Waals surface area contributed by atoms with Crippen LogP contribution in [0.1, 0.15) is 27.7 Å². The Labute approximate surface area is 130 Å². The minimum atomic E-state index is 0.312. The summed E-state index contributed by atoms with van der Waals surface area (Å²) in [4.78, 5) is 5.11. The summed E-state index contributed by atoms with van der Waals surface area (Å²) in [5.41, 5.74) is 1.67. The van der Waals surface area contributed by atoms with E-state index in [-0.39, 0.29) is 0 Å². The molecule has 0 radical (unpaired) electrons. The fourth-order valence-electron chi connectivity index (χ4n) is 2.98. The Hall–Kier alpha value is -1.06. The largest absolute Gasteiger partial charge is 0.369 e. The summed E-state index contributed by atoms with van der Waals surface area (Å²) in [5, 5.41) is 3.66. The molecular weight excluding hydrogens is 258 g/mol. The third-order valence-corrected chi connectivity index (χ3v) is 4.43. The van der Waals surface area contributed by atoms with Crippen molar-refractivity contribution in [2.75, 3.05) is 44.2 Å². The average molecular weight is 289 g/mol. The first-order chi connectivity index (χ1) is 10.0. The van der Waals surface area contributed by atoms with Gasteiger partial charge in [-0.3, -0.25) is 4.90 Å². The number of hydrogen-bond donors (Lipinski definition) is 1. The van der Waals surface area contributed by atoms with Crippen molar-refractivity contribution in [3.8, 4) is 0 Å². The zero-order valence-electron chi connectivity index (χ0n) is 14.1. The molecule has 1 unspecified atom stereocenters. The lowest BCUT2D eigenvalue weighted by Gasteiger charge is -2.40. The van der Waals surface area contributed by atoms with Gasteiger partial charge in [0.25, 0.3) is 0 Å². The lowest BCUT2D eigenvalue weighted by Crippen LogP contribution is -2.54. The number of nitrogens with one attached hydrogen (secondary N) is 1. The maximum atomic E-state index is 3.66. The molecule has 1 heterocycles. The Morgan fingerprint density at radius 1 is 1.05 bits per heavy atom. The Balaban J connectivity index is 1.86. The van der Waals surface area contributed by atoms with Gasteiger partial charge in [0.05, 0.1) is 0 Å². The Bertz CT molecular complexity index is 402. The minimum absolute atomic E-state index is 0.312. The van der Waals surface area contributed by atoms with Gasteiger partial charge in [0.1, 0.15) is 0 Å². The molecule has 0 aliphatic carbocycles. The van der Waals surface area contributed by atoms with E-state index < -0.39 is 0 Å². The smallest absolute Gasteiger partial charge is 0.0367 e. The van der Waals surface area contributed by atoms with Crippen LogP contribution in [0.15, 0.2) is 30.3 Å². The third kappa shape index (κ3) is 4.72. The van der Waals surface area contributed by atoms with E-state index in [1.165, 1.54) is 5.69 Å². The highest BCUT2D eigenvalue weighted by molar-refractivity contribution is 5.46. The maximum absolute atomic E-state index is 3.66. The molecule has 0 aromatic heterocycles. The van der Waals surface area contributed by atoms with Gasteiger partial charge in [0.15, 0.2) is 0 Å². The van der Waals surface area contributed by atoms with Crippen molar-refractivity contribution in [3.63, 3.8) is 0 Å². The SMILES string of the molecule is CCNC(CN1CCN(c2ccccc2)CC1)C(C)(C)C. The summed E-state index contributed by atoms with van der Waals surface area (Å²) in [6.07, 6.45) is 0. The molecule has 1 aliphatic rings. The molecule has 3 nitrogen and oxygen atoms in total. The van der Waals surface area contributed by atoms with Crippen molar-refractivity contribution in [1.29, 1.82) is 0 Å². The van der Waals surface area contributed by atoms with E-state index in [0.717, 1.165) is 39.3 Å². The maximum Gasteiger partial charge on any atom is 0.0367 e. The summed E-state index contributed by atoms with van der Waals surface area (Å²) >= 11 is 0. The molecule has 1 saturated heterocycles. The first-order valence-electron chi connectivity index (χ1n) is 8.26. The van der Waals surface area contributed by atoms with Gasteiger partial charge in [-0.05, 0) is 24.1 Å². The van der Waals surface area contributed by atoms with Crippen molar-refractivity contribution in [2.45, 2.75) is 33.7 Å². The minimum Gasteiger partial charge on any atom is -0.369 e. The van der Waals surface area contributed by atoms with Crippen molar-refractivity contribution < 1.29 is 0 Å². The summed E-state index contributed by atoms with van der Waals surface area (Å²) in [6, 6.07) is 11.3. The van der Waals surface area contributed by atoms with Crippen LogP contribution in [-0.4, -0.2) is 50.2 Å². The normalized spacial score (nSPS) is 18.8. The molecule has 21 heavy (non-hydrogen) atoms. The van der Waals surface area contributed by atoms with Gasteiger partial charge in [-0.1, -0.05) is 45.9 Å². The van der Waals surface area contributed by atoms with Crippen LogP contribution < -0.4 is 10.2 Å². The molecule has 1 fully saturated rings. The van der Waals surface area contributed by atoms with Crippen molar-refractivity contribution in [2.24, 2.45) is 5.41 Å². The Kier molecular flexibility index (Phi) is 5.65. The summed E-state index contributed by atoms with van der Waals surface area (Å²) in [5.74, 6) is 0. The molecule has 0 saturated carbocycles. The fraction of sp³-hybridized carbons (Fsp3) is 0.667. The van der Waals surface area contributed by atoms with Gasteiger partial charge in [0.2, 0.25) is 0 Å². The van der Waals surface area contributed by atoms with E-state index in [1.54, 1.807) is 0 Å². The van der Waals surface area contributed by atoms with Crippen LogP contribution in [0.4, 0.5) is 5.69 Å². The predicted molar refractivity (Wildman–Crippen MR) is 92.0 cm³/mol. The number of para-hydroxylation sites is 1. The van der Waals surface area contributed by atoms with Crippen molar-refractivity contribution >= 4 is 5.69 Å². The fourth-order valence-corrected chi connectivity index (χ4v) is 2.98. The van der Waals surface area contributed by atoms with Gasteiger partial charge in [0, 0.05) is 44.5 Å². The van der Waals surface area contributed by atoms with E-state index in [2.05, 4.69) is 73.1 Å². The molecule has 118 valence electrons. The second-order valence-electron chi connectivity index (χ2n) is 7.10. The molecule has 3 heteroatoms. The molecule has 1 aromatic carbocycles. The third-order valence-electron chi connectivity index (χ3n) is 4.43. The lowest BCUT2D eigenvalue weighted by molar-refractivity contribution is 0.168. The van der Waals surface area contributed by atoms with Gasteiger partial charge >= 0.3 is 0 Å². The first-order valence-corrected chi connectivity index (χ1v) is 8.26. The summed E-state index contributed by atoms with van der Waals surface area (Å²) in [6.45, 7) is 16.0. The molecule has 0 bridgehead atoms. The van der Waals surface area contributed by atoms with Gasteiger partial charge in [-0.15, -0.1) is 0 Å². The van der Waals surface area contributed by atoms with Crippen LogP contribution in [0.2, 0.25) is 0 Å². The topological polar surface area (TPSA) is 18.5 Å². The van der Waals surface area contributed by atoms with Crippen LogP contribution >= 0.6 is 0 Å². The van der Waals surface area contributed by atoms with E-state index in [4.69, 9.17) is 0 Å².